The van der Waals surface area contributed by atoms with Crippen LogP contribution in [0.3, 0.4) is 0 Å². The van der Waals surface area contributed by atoms with Crippen LogP contribution in [0.5, 0.6) is 0 Å². The summed E-state index contributed by atoms with van der Waals surface area (Å²) in [6, 6.07) is 3.02. The molecule has 138 valence electrons. The van der Waals surface area contributed by atoms with Crippen molar-refractivity contribution in [1.82, 2.24) is 19.9 Å². The van der Waals surface area contributed by atoms with Crippen LogP contribution in [0.1, 0.15) is 31.4 Å². The van der Waals surface area contributed by atoms with Crippen molar-refractivity contribution in [3.05, 3.63) is 45.6 Å². The second kappa shape index (κ2) is 7.84. The van der Waals surface area contributed by atoms with Crippen LogP contribution in [0.4, 0.5) is 11.6 Å². The molecular formula is C17H21ClN6O2. The largest absolute Gasteiger partial charge is 0.379 e. The summed E-state index contributed by atoms with van der Waals surface area (Å²) in [5.41, 5.74) is 5.98. The Bertz CT molecular complexity index is 838. The van der Waals surface area contributed by atoms with Gasteiger partial charge in [0.25, 0.3) is 5.56 Å². The summed E-state index contributed by atoms with van der Waals surface area (Å²) in [5.74, 6) is 0.426. The van der Waals surface area contributed by atoms with Gasteiger partial charge in [-0.2, -0.15) is 0 Å². The van der Waals surface area contributed by atoms with Crippen LogP contribution in [0.2, 0.25) is 5.02 Å². The molecule has 2 atom stereocenters. The van der Waals surface area contributed by atoms with Crippen LogP contribution < -0.4 is 16.6 Å². The summed E-state index contributed by atoms with van der Waals surface area (Å²) in [7, 11) is 0. The highest BCUT2D eigenvalue weighted by Gasteiger charge is 2.29. The van der Waals surface area contributed by atoms with Gasteiger partial charge in [-0.25, -0.2) is 9.97 Å². The summed E-state index contributed by atoms with van der Waals surface area (Å²) in [6.45, 7) is 3.35. The van der Waals surface area contributed by atoms with Gasteiger partial charge >= 0.3 is 0 Å². The minimum atomic E-state index is -0.385. The number of pyridine rings is 1. The van der Waals surface area contributed by atoms with E-state index in [2.05, 4.69) is 25.2 Å². The van der Waals surface area contributed by atoms with E-state index in [1.165, 1.54) is 6.20 Å². The number of hydrogen-bond acceptors (Lipinski definition) is 6. The lowest BCUT2D eigenvalue weighted by molar-refractivity contribution is -0.121. The molecule has 3 rings (SSSR count). The highest BCUT2D eigenvalue weighted by atomic mass is 35.5. The molecule has 26 heavy (non-hydrogen) atoms. The smallest absolute Gasteiger partial charge is 0.290 e. The first-order chi connectivity index (χ1) is 12.4. The number of carbonyl (C=O) groups is 1. The van der Waals surface area contributed by atoms with Crippen LogP contribution in [0.15, 0.2) is 29.3 Å². The lowest BCUT2D eigenvalue weighted by Gasteiger charge is -2.35. The van der Waals surface area contributed by atoms with E-state index in [-0.39, 0.29) is 29.2 Å². The molecule has 0 aromatic carbocycles. The van der Waals surface area contributed by atoms with E-state index in [0.717, 1.165) is 25.1 Å². The molecule has 0 radical (unpaired) electrons. The fraction of sp³-hybridized carbons (Fsp3) is 0.412. The molecule has 2 aromatic rings. The number of halogens is 1. The quantitative estimate of drug-likeness (QED) is 0.746. The number of piperidine rings is 1. The van der Waals surface area contributed by atoms with Crippen molar-refractivity contribution in [2.45, 2.75) is 31.7 Å². The van der Waals surface area contributed by atoms with Crippen molar-refractivity contribution in [1.29, 1.82) is 0 Å². The fourth-order valence-corrected chi connectivity index (χ4v) is 3.20. The summed E-state index contributed by atoms with van der Waals surface area (Å²) >= 11 is 5.81. The molecule has 3 heterocycles. The van der Waals surface area contributed by atoms with E-state index in [0.29, 0.717) is 17.4 Å². The normalized spacial score (nSPS) is 19.1. The number of H-pyrrole nitrogens is 1. The number of hydrogen-bond donors (Lipinski definition) is 3. The van der Waals surface area contributed by atoms with Crippen molar-refractivity contribution in [3.8, 4) is 0 Å². The Labute approximate surface area is 155 Å². The van der Waals surface area contributed by atoms with Gasteiger partial charge in [-0.1, -0.05) is 11.6 Å². The maximum atomic E-state index is 12.5. The fourth-order valence-electron chi connectivity index (χ4n) is 3.09. The number of aromatic amines is 1. The van der Waals surface area contributed by atoms with Gasteiger partial charge in [0.05, 0.1) is 16.8 Å². The first kappa shape index (κ1) is 18.3. The number of anilines is 2. The maximum Gasteiger partial charge on any atom is 0.290 e. The van der Waals surface area contributed by atoms with Gasteiger partial charge in [0.1, 0.15) is 5.82 Å². The third-order valence-corrected chi connectivity index (χ3v) is 4.83. The average molecular weight is 377 g/mol. The van der Waals surface area contributed by atoms with Gasteiger partial charge in [-0.15, -0.1) is 0 Å². The Kier molecular flexibility index (Phi) is 5.53. The molecule has 0 aliphatic carbocycles. The van der Waals surface area contributed by atoms with E-state index in [9.17, 15) is 9.59 Å². The number of nitrogens with one attached hydrogen (secondary N) is 2. The van der Waals surface area contributed by atoms with E-state index in [1.807, 2.05) is 6.92 Å². The molecule has 0 saturated carbocycles. The highest BCUT2D eigenvalue weighted by molar-refractivity contribution is 6.30. The molecular weight excluding hydrogens is 356 g/mol. The van der Waals surface area contributed by atoms with Gasteiger partial charge in [0.15, 0.2) is 5.82 Å². The van der Waals surface area contributed by atoms with Crippen molar-refractivity contribution >= 4 is 29.1 Å². The molecule has 4 N–H and O–H groups in total. The average Bonchev–Trinajstić information content (AvgIpc) is 2.65. The number of nitrogen functional groups attached to an aromatic ring is 1. The monoisotopic (exact) mass is 376 g/mol. The lowest BCUT2D eigenvalue weighted by Crippen LogP contribution is -2.46. The summed E-state index contributed by atoms with van der Waals surface area (Å²) in [6.07, 6.45) is 4.96. The summed E-state index contributed by atoms with van der Waals surface area (Å²) < 4.78 is 0. The Morgan fingerprint density at radius 3 is 3.00 bits per heavy atom. The standard InChI is InChI=1S/C17H21ClN6O2/c1-10(16(25)23-14-5-4-12(18)7-20-14)24-6-2-3-11(9-24)13-8-21-17(26)15(19)22-13/h4-5,7-8,10-11H,2-3,6,9H2,1H3,(H2,19,22)(H,21,26)(H,20,23,25). The molecule has 0 spiro atoms. The highest BCUT2D eigenvalue weighted by Crippen LogP contribution is 2.26. The van der Waals surface area contributed by atoms with Crippen molar-refractivity contribution in [3.63, 3.8) is 0 Å². The molecule has 1 fully saturated rings. The van der Waals surface area contributed by atoms with E-state index >= 15 is 0 Å². The summed E-state index contributed by atoms with van der Waals surface area (Å²) in [4.78, 5) is 36.9. The minimum absolute atomic E-state index is 0.0285. The maximum absolute atomic E-state index is 12.5. The second-order valence-corrected chi connectivity index (χ2v) is 6.84. The number of rotatable bonds is 4. The topological polar surface area (TPSA) is 117 Å². The van der Waals surface area contributed by atoms with Crippen molar-refractivity contribution in [2.24, 2.45) is 0 Å². The van der Waals surface area contributed by atoms with Crippen LogP contribution in [0, 0.1) is 0 Å². The molecule has 0 bridgehead atoms. The minimum Gasteiger partial charge on any atom is -0.379 e. The van der Waals surface area contributed by atoms with Crippen molar-refractivity contribution in [2.75, 3.05) is 24.1 Å². The molecule has 8 nitrogen and oxygen atoms in total. The Morgan fingerprint density at radius 1 is 1.50 bits per heavy atom. The number of carbonyl (C=O) groups excluding carboxylic acids is 1. The first-order valence-electron chi connectivity index (χ1n) is 8.45. The van der Waals surface area contributed by atoms with Gasteiger partial charge in [-0.3, -0.25) is 14.5 Å². The van der Waals surface area contributed by atoms with Crippen LogP contribution in [0.25, 0.3) is 0 Å². The zero-order valence-electron chi connectivity index (χ0n) is 14.4. The number of nitrogens with two attached hydrogens (primary N) is 1. The molecule has 2 aromatic heterocycles. The number of nitrogens with zero attached hydrogens (tertiary/aromatic N) is 3. The van der Waals surface area contributed by atoms with E-state index < -0.39 is 0 Å². The van der Waals surface area contributed by atoms with Gasteiger partial charge in [-0.05, 0) is 38.4 Å². The Hall–Kier alpha value is -2.45. The molecule has 1 saturated heterocycles. The van der Waals surface area contributed by atoms with Gasteiger partial charge in [0.2, 0.25) is 5.91 Å². The third-order valence-electron chi connectivity index (χ3n) is 4.61. The lowest BCUT2D eigenvalue weighted by atomic mass is 9.94. The first-order valence-corrected chi connectivity index (χ1v) is 8.83. The van der Waals surface area contributed by atoms with Crippen LogP contribution in [-0.2, 0) is 4.79 Å². The van der Waals surface area contributed by atoms with E-state index in [1.54, 1.807) is 18.3 Å². The second-order valence-electron chi connectivity index (χ2n) is 6.40. The molecule has 1 aliphatic heterocycles. The Balaban J connectivity index is 1.66. The zero-order chi connectivity index (χ0) is 18.7. The number of aromatic nitrogens is 3. The molecule has 1 aliphatic rings. The zero-order valence-corrected chi connectivity index (χ0v) is 15.2. The number of likely N-dealkylation sites (tertiary alicyclic amines) is 1. The van der Waals surface area contributed by atoms with Gasteiger partial charge in [0, 0.05) is 24.9 Å². The van der Waals surface area contributed by atoms with Crippen molar-refractivity contribution < 1.29 is 4.79 Å². The molecule has 1 amide bonds. The SMILES string of the molecule is CC(C(=O)Nc1ccc(Cl)cn1)N1CCCC(c2c[nH]c(=O)c(N)n2)C1. The van der Waals surface area contributed by atoms with Crippen LogP contribution >= 0.6 is 11.6 Å². The molecule has 9 heteroatoms. The Morgan fingerprint density at radius 2 is 2.31 bits per heavy atom. The summed E-state index contributed by atoms with van der Waals surface area (Å²) in [5, 5.41) is 3.32. The van der Waals surface area contributed by atoms with Crippen LogP contribution in [-0.4, -0.2) is 44.9 Å². The van der Waals surface area contributed by atoms with Gasteiger partial charge < -0.3 is 16.0 Å². The third kappa shape index (κ3) is 4.20. The van der Waals surface area contributed by atoms with E-state index in [4.69, 9.17) is 17.3 Å². The predicted octanol–water partition coefficient (Wildman–Crippen LogP) is 1.61. The predicted molar refractivity (Wildman–Crippen MR) is 100 cm³/mol. The molecule has 2 unspecified atom stereocenters. The number of amides is 1.